The summed E-state index contributed by atoms with van der Waals surface area (Å²) in [6.45, 7) is 1.97. The number of allylic oxidation sites excluding steroid dienone is 1. The van der Waals surface area contributed by atoms with Crippen LogP contribution < -0.4 is 9.46 Å². The average molecular weight is 658 g/mol. The van der Waals surface area contributed by atoms with Crippen molar-refractivity contribution in [3.05, 3.63) is 93.0 Å². The van der Waals surface area contributed by atoms with Crippen molar-refractivity contribution in [1.29, 1.82) is 0 Å². The first-order valence-corrected chi connectivity index (χ1v) is 16.2. The number of ether oxygens (including phenoxy) is 1. The van der Waals surface area contributed by atoms with E-state index in [9.17, 15) is 26.0 Å². The largest absolute Gasteiger partial charge is 0.516 e. The van der Waals surface area contributed by atoms with Gasteiger partial charge in [-0.25, -0.2) is 0 Å². The van der Waals surface area contributed by atoms with Crippen molar-refractivity contribution in [3.63, 3.8) is 0 Å². The first-order valence-electron chi connectivity index (χ1n) is 13.9. The first kappa shape index (κ1) is 31.6. The molecule has 3 aromatic rings. The van der Waals surface area contributed by atoms with Gasteiger partial charge in [0.25, 0.3) is 0 Å². The zero-order valence-corrected chi connectivity index (χ0v) is 25.4. The van der Waals surface area contributed by atoms with E-state index in [1.54, 1.807) is 22.9 Å². The van der Waals surface area contributed by atoms with E-state index in [2.05, 4.69) is 4.90 Å². The van der Waals surface area contributed by atoms with E-state index in [1.165, 1.54) is 12.1 Å². The molecule has 1 saturated heterocycles. The number of sulfonamides is 1. The van der Waals surface area contributed by atoms with Gasteiger partial charge in [0, 0.05) is 35.4 Å². The molecule has 1 aliphatic carbocycles. The molecule has 230 valence electrons. The Balaban J connectivity index is 1.51. The summed E-state index contributed by atoms with van der Waals surface area (Å²) < 4.78 is 83.1. The SMILES string of the molecule is O=S(=O)(Nc1ccc2c(c1)CCCC(c1ccc(Cl)cc1Cl)=C2c1ccc(O[C@H]2CCN(CCCF)C2)cc1)C(F)(F)F. The van der Waals surface area contributed by atoms with Gasteiger partial charge in [0.15, 0.2) is 0 Å². The maximum atomic E-state index is 13.0. The average Bonchev–Trinajstić information content (AvgIpc) is 3.30. The molecule has 2 aliphatic rings. The summed E-state index contributed by atoms with van der Waals surface area (Å²) >= 11 is 12.8. The molecule has 12 heteroatoms. The number of hydrogen-bond acceptors (Lipinski definition) is 4. The second kappa shape index (κ2) is 13.1. The highest BCUT2D eigenvalue weighted by Crippen LogP contribution is 2.43. The van der Waals surface area contributed by atoms with Crippen LogP contribution in [0, 0.1) is 0 Å². The number of anilines is 1. The van der Waals surface area contributed by atoms with Crippen LogP contribution in [0.1, 0.15) is 47.9 Å². The number of aryl methyl sites for hydroxylation is 1. The van der Waals surface area contributed by atoms with Gasteiger partial charge in [0.05, 0.1) is 6.67 Å². The van der Waals surface area contributed by atoms with Crippen LogP contribution in [0.3, 0.4) is 0 Å². The predicted molar refractivity (Wildman–Crippen MR) is 163 cm³/mol. The van der Waals surface area contributed by atoms with E-state index in [1.807, 2.05) is 30.3 Å². The topological polar surface area (TPSA) is 58.6 Å². The highest BCUT2D eigenvalue weighted by Gasteiger charge is 2.46. The standard InChI is InChI=1S/C31H30Cl2F4N2O3S/c32-22-7-11-27(29(33)18-22)28-4-1-3-21-17-23(38-43(40,41)31(35,36)37)8-12-26(21)30(28)20-5-9-24(10-6-20)42-25-13-16-39(19-25)15-2-14-34/h5-12,17-18,25,38H,1-4,13-16,19H2/t25-/m0/s1. The van der Waals surface area contributed by atoms with Crippen molar-refractivity contribution in [3.8, 4) is 5.75 Å². The van der Waals surface area contributed by atoms with Gasteiger partial charge < -0.3 is 4.74 Å². The summed E-state index contributed by atoms with van der Waals surface area (Å²) in [5.41, 5.74) is -0.712. The quantitative estimate of drug-likeness (QED) is 0.235. The van der Waals surface area contributed by atoms with Gasteiger partial charge in [-0.3, -0.25) is 14.0 Å². The summed E-state index contributed by atoms with van der Waals surface area (Å²) in [5.74, 6) is 0.693. The lowest BCUT2D eigenvalue weighted by atomic mass is 9.87. The summed E-state index contributed by atoms with van der Waals surface area (Å²) in [4.78, 5) is 2.19. The maximum Gasteiger partial charge on any atom is 0.516 e. The highest BCUT2D eigenvalue weighted by molar-refractivity contribution is 7.93. The predicted octanol–water partition coefficient (Wildman–Crippen LogP) is 8.36. The zero-order chi connectivity index (χ0) is 30.8. The second-order valence-electron chi connectivity index (χ2n) is 10.7. The molecule has 0 spiro atoms. The van der Waals surface area contributed by atoms with Crippen molar-refractivity contribution >= 4 is 50.1 Å². The van der Waals surface area contributed by atoms with Crippen LogP contribution >= 0.6 is 23.2 Å². The van der Waals surface area contributed by atoms with Gasteiger partial charge in [0.1, 0.15) is 11.9 Å². The van der Waals surface area contributed by atoms with Crippen LogP contribution in [-0.2, 0) is 16.4 Å². The lowest BCUT2D eigenvalue weighted by Crippen LogP contribution is -2.29. The van der Waals surface area contributed by atoms with E-state index < -0.39 is 15.5 Å². The summed E-state index contributed by atoms with van der Waals surface area (Å²) in [6, 6.07) is 17.3. The van der Waals surface area contributed by atoms with E-state index >= 15 is 0 Å². The number of benzene rings is 3. The van der Waals surface area contributed by atoms with Crippen molar-refractivity contribution in [2.45, 2.75) is 43.7 Å². The van der Waals surface area contributed by atoms with E-state index in [0.717, 1.165) is 47.3 Å². The molecule has 1 aliphatic heterocycles. The van der Waals surface area contributed by atoms with Crippen molar-refractivity contribution in [2.75, 3.05) is 31.0 Å². The van der Waals surface area contributed by atoms with E-state index in [-0.39, 0.29) is 18.5 Å². The molecule has 0 bridgehead atoms. The van der Waals surface area contributed by atoms with Gasteiger partial charge in [-0.15, -0.1) is 0 Å². The van der Waals surface area contributed by atoms with E-state index in [4.69, 9.17) is 27.9 Å². The lowest BCUT2D eigenvalue weighted by molar-refractivity contribution is -0.0429. The third kappa shape index (κ3) is 7.30. The summed E-state index contributed by atoms with van der Waals surface area (Å²) in [5, 5.41) is 0.958. The molecular weight excluding hydrogens is 627 g/mol. The van der Waals surface area contributed by atoms with Gasteiger partial charge in [-0.2, -0.15) is 21.6 Å². The molecule has 5 nitrogen and oxygen atoms in total. The maximum absolute atomic E-state index is 13.0. The zero-order valence-electron chi connectivity index (χ0n) is 23.1. The van der Waals surface area contributed by atoms with Crippen LogP contribution in [0.25, 0.3) is 11.1 Å². The molecule has 3 aromatic carbocycles. The van der Waals surface area contributed by atoms with E-state index in [0.29, 0.717) is 53.6 Å². The van der Waals surface area contributed by atoms with Gasteiger partial charge in [-0.1, -0.05) is 47.5 Å². The molecule has 5 rings (SSSR count). The van der Waals surface area contributed by atoms with Crippen molar-refractivity contribution in [1.82, 2.24) is 4.90 Å². The molecule has 1 atom stereocenters. The summed E-state index contributed by atoms with van der Waals surface area (Å²) in [6.07, 6.45) is 3.15. The Labute approximate surface area is 258 Å². The third-order valence-corrected chi connectivity index (χ3v) is 9.31. The minimum absolute atomic E-state index is 0.00520. The number of alkyl halides is 4. The molecular formula is C31H30Cl2F4N2O3S. The molecule has 0 aromatic heterocycles. The van der Waals surface area contributed by atoms with Crippen LogP contribution in [0.4, 0.5) is 23.2 Å². The van der Waals surface area contributed by atoms with Crippen LogP contribution in [0.2, 0.25) is 10.0 Å². The smallest absolute Gasteiger partial charge is 0.489 e. The molecule has 0 radical (unpaired) electrons. The number of fused-ring (bicyclic) bond motifs is 1. The Morgan fingerprint density at radius 1 is 0.977 bits per heavy atom. The summed E-state index contributed by atoms with van der Waals surface area (Å²) in [7, 11) is -5.56. The fourth-order valence-electron chi connectivity index (χ4n) is 5.67. The molecule has 0 unspecified atom stereocenters. The van der Waals surface area contributed by atoms with Gasteiger partial charge >= 0.3 is 15.5 Å². The second-order valence-corrected chi connectivity index (χ2v) is 13.2. The highest BCUT2D eigenvalue weighted by atomic mass is 35.5. The number of rotatable bonds is 9. The Kier molecular flexibility index (Phi) is 9.61. The molecule has 1 fully saturated rings. The Morgan fingerprint density at radius 3 is 2.42 bits per heavy atom. The Hall–Kier alpha value is -2.79. The van der Waals surface area contributed by atoms with Crippen molar-refractivity contribution < 1.29 is 30.7 Å². The molecule has 1 N–H and O–H groups in total. The number of nitrogens with zero attached hydrogens (tertiary/aromatic N) is 1. The van der Waals surface area contributed by atoms with Crippen LogP contribution in [-0.4, -0.2) is 51.2 Å². The number of halogens is 6. The van der Waals surface area contributed by atoms with Gasteiger partial charge in [0.2, 0.25) is 0 Å². The fraction of sp³-hybridized carbons (Fsp3) is 0.355. The number of hydrogen-bond donors (Lipinski definition) is 1. The van der Waals surface area contributed by atoms with Crippen molar-refractivity contribution in [2.24, 2.45) is 0 Å². The third-order valence-electron chi connectivity index (χ3n) is 7.65. The Morgan fingerprint density at radius 2 is 1.72 bits per heavy atom. The fourth-order valence-corrected chi connectivity index (χ4v) is 6.75. The minimum atomic E-state index is -5.56. The Bertz CT molecular complexity index is 1610. The van der Waals surface area contributed by atoms with Gasteiger partial charge in [-0.05, 0) is 102 Å². The molecule has 1 heterocycles. The number of nitrogens with one attached hydrogen (secondary N) is 1. The number of likely N-dealkylation sites (tertiary alicyclic amines) is 1. The van der Waals surface area contributed by atoms with Crippen LogP contribution in [0.15, 0.2) is 60.7 Å². The minimum Gasteiger partial charge on any atom is -0.489 e. The molecule has 0 saturated carbocycles. The lowest BCUT2D eigenvalue weighted by Gasteiger charge is -2.20. The monoisotopic (exact) mass is 656 g/mol. The van der Waals surface area contributed by atoms with Crippen LogP contribution in [0.5, 0.6) is 5.75 Å². The normalized spacial score (nSPS) is 18.0. The molecule has 0 amide bonds. The molecule has 43 heavy (non-hydrogen) atoms. The first-order chi connectivity index (χ1) is 20.4.